The molecule has 3 saturated carbocycles. The molecule has 0 saturated heterocycles. The molecular formula is C42H44Br3N11O8. The third kappa shape index (κ3) is 13.4. The molecule has 0 aromatic carbocycles. The number of nitrogens with one attached hydrogen (secondary N) is 1. The fraction of sp³-hybridized carbons (Fsp3) is 0.357. The molecule has 0 bridgehead atoms. The Bertz CT molecular complexity index is 2620. The molecule has 0 amide bonds. The van der Waals surface area contributed by atoms with E-state index >= 15 is 0 Å². The van der Waals surface area contributed by atoms with Crippen molar-refractivity contribution in [3.63, 3.8) is 0 Å². The average Bonchev–Trinajstić information content (AvgIpc) is 4.23. The van der Waals surface area contributed by atoms with Gasteiger partial charge in [-0.1, -0.05) is 0 Å². The quantitative estimate of drug-likeness (QED) is 0.0390. The molecule has 3 fully saturated rings. The van der Waals surface area contributed by atoms with Crippen molar-refractivity contribution in [1.82, 2.24) is 44.3 Å². The fourth-order valence-electron chi connectivity index (χ4n) is 5.80. The molecule has 0 unspecified atom stereocenters. The zero-order valence-electron chi connectivity index (χ0n) is 34.9. The van der Waals surface area contributed by atoms with Crippen LogP contribution in [0.2, 0.25) is 0 Å². The van der Waals surface area contributed by atoms with E-state index in [1.807, 2.05) is 42.5 Å². The SMILES string of the molecule is CCOC(=O)C(=O)CC(=O)C1CC1.CCOC(=O)c1cc(C2CC2)n(-c2ccc(Br)cn2)n1.Cn1nc(-c2cc(C3CC3)n(-c3ccc(Br)cn3)n2)oc1=O.NNc1ccc(Br)cn1. The number of ether oxygens (including phenoxy) is 2. The van der Waals surface area contributed by atoms with E-state index in [4.69, 9.17) is 15.0 Å². The molecule has 0 spiro atoms. The van der Waals surface area contributed by atoms with Crippen LogP contribution in [0.25, 0.3) is 23.2 Å². The van der Waals surface area contributed by atoms with E-state index in [2.05, 4.69) is 88.2 Å². The van der Waals surface area contributed by atoms with E-state index in [1.165, 1.54) is 0 Å². The van der Waals surface area contributed by atoms with Gasteiger partial charge in [0.15, 0.2) is 23.0 Å². The molecule has 6 heterocycles. The van der Waals surface area contributed by atoms with Gasteiger partial charge in [0, 0.05) is 62.5 Å². The lowest BCUT2D eigenvalue weighted by atomic mass is 10.1. The summed E-state index contributed by atoms with van der Waals surface area (Å²) in [6.07, 6.45) is 11.1. The van der Waals surface area contributed by atoms with Crippen LogP contribution in [0, 0.1) is 5.92 Å². The van der Waals surface area contributed by atoms with Crippen molar-refractivity contribution in [3.8, 4) is 23.2 Å². The van der Waals surface area contributed by atoms with Crippen LogP contribution in [0.5, 0.6) is 0 Å². The van der Waals surface area contributed by atoms with Gasteiger partial charge < -0.3 is 19.3 Å². The molecule has 0 atom stereocenters. The normalized spacial score (nSPS) is 13.8. The second-order valence-corrected chi connectivity index (χ2v) is 17.3. The van der Waals surface area contributed by atoms with Gasteiger partial charge in [-0.15, -0.1) is 5.10 Å². The Hall–Kier alpha value is -5.71. The average molecular weight is 1070 g/mol. The molecule has 0 radical (unpaired) electrons. The number of hydrazine groups is 1. The lowest BCUT2D eigenvalue weighted by molar-refractivity contribution is -0.154. The summed E-state index contributed by atoms with van der Waals surface area (Å²) in [7, 11) is 1.55. The number of hydrogen-bond acceptors (Lipinski definition) is 16. The highest BCUT2D eigenvalue weighted by atomic mass is 79.9. The molecule has 6 aromatic heterocycles. The van der Waals surface area contributed by atoms with Gasteiger partial charge in [-0.25, -0.2) is 44.5 Å². The van der Waals surface area contributed by atoms with Crippen LogP contribution in [0.1, 0.15) is 92.5 Å². The second kappa shape index (κ2) is 22.3. The fourth-order valence-corrected chi connectivity index (χ4v) is 6.50. The van der Waals surface area contributed by atoms with Gasteiger partial charge in [0.05, 0.1) is 25.3 Å². The molecule has 9 rings (SSSR count). The monoisotopic (exact) mass is 1070 g/mol. The molecular weight excluding hydrogens is 1030 g/mol. The lowest BCUT2D eigenvalue weighted by Gasteiger charge is -2.05. The van der Waals surface area contributed by atoms with E-state index in [0.29, 0.717) is 41.5 Å². The molecule has 6 aromatic rings. The van der Waals surface area contributed by atoms with E-state index in [1.54, 1.807) is 54.9 Å². The number of ketones is 2. The maximum absolute atomic E-state index is 11.8. The summed E-state index contributed by atoms with van der Waals surface area (Å²) < 4.78 is 22.1. The molecule has 3 N–H and O–H groups in total. The number of nitrogens with two attached hydrogens (primary N) is 1. The van der Waals surface area contributed by atoms with Gasteiger partial charge >= 0.3 is 17.7 Å². The number of Topliss-reactive ketones (excluding diaryl/α,β-unsaturated/α-hetero) is 2. The number of pyridine rings is 3. The number of halogens is 3. The molecule has 22 heteroatoms. The van der Waals surface area contributed by atoms with Crippen LogP contribution < -0.4 is 17.0 Å². The molecule has 3 aliphatic rings. The van der Waals surface area contributed by atoms with E-state index in [9.17, 15) is 24.0 Å². The summed E-state index contributed by atoms with van der Waals surface area (Å²) in [5.41, 5.74) is 5.41. The summed E-state index contributed by atoms with van der Waals surface area (Å²) in [6, 6.07) is 15.0. The maximum atomic E-state index is 11.8. The van der Waals surface area contributed by atoms with Gasteiger partial charge in [-0.2, -0.15) is 14.9 Å². The number of esters is 2. The van der Waals surface area contributed by atoms with Gasteiger partial charge in [-0.3, -0.25) is 9.59 Å². The van der Waals surface area contributed by atoms with Gasteiger partial charge in [-0.05, 0) is 149 Å². The van der Waals surface area contributed by atoms with Crippen LogP contribution >= 0.6 is 47.8 Å². The van der Waals surface area contributed by atoms with Gasteiger partial charge in [0.2, 0.25) is 5.78 Å². The number of rotatable bonds is 13. The topological polar surface area (TPSA) is 247 Å². The highest BCUT2D eigenvalue weighted by Crippen LogP contribution is 2.42. The number of aromatic nitrogens is 9. The third-order valence-corrected chi connectivity index (χ3v) is 10.9. The Balaban J connectivity index is 0.000000149. The number of aryl methyl sites for hydroxylation is 1. The van der Waals surface area contributed by atoms with E-state index in [0.717, 1.165) is 73.8 Å². The summed E-state index contributed by atoms with van der Waals surface area (Å²) in [4.78, 5) is 68.8. The Morgan fingerprint density at radius 2 is 1.30 bits per heavy atom. The Labute approximate surface area is 391 Å². The molecule has 336 valence electrons. The zero-order chi connectivity index (χ0) is 45.9. The van der Waals surface area contributed by atoms with Crippen molar-refractivity contribution < 1.29 is 33.1 Å². The van der Waals surface area contributed by atoms with Crippen molar-refractivity contribution in [3.05, 3.63) is 108 Å². The van der Waals surface area contributed by atoms with Crippen molar-refractivity contribution in [2.75, 3.05) is 18.6 Å². The van der Waals surface area contributed by atoms with Gasteiger partial charge in [0.1, 0.15) is 11.6 Å². The van der Waals surface area contributed by atoms with E-state index < -0.39 is 17.5 Å². The van der Waals surface area contributed by atoms with Crippen LogP contribution in [0.3, 0.4) is 0 Å². The highest BCUT2D eigenvalue weighted by Gasteiger charge is 2.33. The Morgan fingerprint density at radius 1 is 0.750 bits per heavy atom. The van der Waals surface area contributed by atoms with Crippen molar-refractivity contribution in [2.24, 2.45) is 18.8 Å². The first kappa shape index (κ1) is 47.8. The van der Waals surface area contributed by atoms with Crippen LogP contribution in [0.4, 0.5) is 5.82 Å². The number of nitrogens with zero attached hydrogens (tertiary/aromatic N) is 9. The first-order valence-corrected chi connectivity index (χ1v) is 22.6. The largest absolute Gasteiger partial charge is 0.461 e. The lowest BCUT2D eigenvalue weighted by Crippen LogP contribution is -2.21. The predicted octanol–water partition coefficient (Wildman–Crippen LogP) is 6.96. The minimum absolute atomic E-state index is 0.0263. The third-order valence-electron chi connectivity index (χ3n) is 9.46. The first-order valence-electron chi connectivity index (χ1n) is 20.2. The Kier molecular flexibility index (Phi) is 16.6. The smallest absolute Gasteiger partial charge is 0.437 e. The summed E-state index contributed by atoms with van der Waals surface area (Å²) in [5, 5.41) is 12.9. The summed E-state index contributed by atoms with van der Waals surface area (Å²) in [5.74, 6) is 5.75. The van der Waals surface area contributed by atoms with Crippen molar-refractivity contribution in [2.45, 2.75) is 70.6 Å². The highest BCUT2D eigenvalue weighted by molar-refractivity contribution is 9.11. The number of carbonyl (C=O) groups excluding carboxylic acids is 4. The maximum Gasteiger partial charge on any atom is 0.437 e. The molecule has 19 nitrogen and oxygen atoms in total. The number of nitrogen functional groups attached to an aromatic ring is 1. The minimum Gasteiger partial charge on any atom is -0.461 e. The van der Waals surface area contributed by atoms with Crippen LogP contribution in [-0.4, -0.2) is 81.0 Å². The molecule has 0 aliphatic heterocycles. The summed E-state index contributed by atoms with van der Waals surface area (Å²) >= 11 is 9.98. The van der Waals surface area contributed by atoms with Crippen molar-refractivity contribution >= 4 is 77.1 Å². The number of hydrogen-bond donors (Lipinski definition) is 2. The summed E-state index contributed by atoms with van der Waals surface area (Å²) in [6.45, 7) is 3.92. The zero-order valence-corrected chi connectivity index (χ0v) is 39.7. The van der Waals surface area contributed by atoms with Crippen molar-refractivity contribution in [1.29, 1.82) is 0 Å². The number of carbonyl (C=O) groups is 4. The minimum atomic E-state index is -0.892. The molecule has 64 heavy (non-hydrogen) atoms. The van der Waals surface area contributed by atoms with Crippen LogP contribution in [0.15, 0.2) is 89.8 Å². The second-order valence-electron chi connectivity index (χ2n) is 14.5. The predicted molar refractivity (Wildman–Crippen MR) is 242 cm³/mol. The Morgan fingerprint density at radius 3 is 1.75 bits per heavy atom. The standard InChI is InChI=1S/C14H12BrN5O2.C14H14BrN3O2.C9H12O4.C5H6BrN3/c1-19-14(21)22-13(18-19)10-6-11(8-2-3-8)20(17-10)12-5-4-9(15)7-16-12;1-2-20-14(19)11-7-12(9-3-4-9)18(17-11)13-6-5-10(15)8-16-13;1-2-13-9(12)8(11)5-7(10)6-3-4-6;6-4-1-2-5(9-7)8-3-4/h4-8H,2-3H2,1H3;5-9H,2-4H2,1H3;6H,2-5H2,1H3;1-3H,7H2,(H,8,9). The van der Waals surface area contributed by atoms with Gasteiger partial charge in [0.25, 0.3) is 5.89 Å². The van der Waals surface area contributed by atoms with E-state index in [-0.39, 0.29) is 36.6 Å². The first-order chi connectivity index (χ1) is 30.8. The van der Waals surface area contributed by atoms with Crippen LogP contribution in [-0.2, 0) is 30.9 Å². The number of anilines is 1. The molecule has 3 aliphatic carbocycles.